The maximum Gasteiger partial charge on any atom is 0.338 e. The highest BCUT2D eigenvalue weighted by Gasteiger charge is 2.11. The number of hydrogen-bond donors (Lipinski definition) is 1. The number of hydrogen-bond acceptors (Lipinski definition) is 4. The molecule has 0 saturated heterocycles. The Morgan fingerprint density at radius 2 is 1.08 bits per heavy atom. The van der Waals surface area contributed by atoms with Crippen LogP contribution in [0.15, 0.2) is 29.1 Å². The summed E-state index contributed by atoms with van der Waals surface area (Å²) in [6.45, 7) is 5.39. The van der Waals surface area contributed by atoms with Crippen LogP contribution in [0.4, 0.5) is 0 Å². The Morgan fingerprint density at radius 1 is 0.622 bits per heavy atom. The minimum atomic E-state index is -0.451. The van der Waals surface area contributed by atoms with Crippen LogP contribution in [0.1, 0.15) is 157 Å². The molecule has 0 radical (unpaired) electrons. The molecule has 210 valence electrons. The summed E-state index contributed by atoms with van der Waals surface area (Å²) in [6, 6.07) is 5.67. The van der Waals surface area contributed by atoms with Gasteiger partial charge in [0.2, 0.25) is 0 Å². The van der Waals surface area contributed by atoms with Crippen molar-refractivity contribution in [2.24, 2.45) is 0 Å². The van der Waals surface area contributed by atoms with E-state index in [1.165, 1.54) is 121 Å². The maximum absolute atomic E-state index is 12.4. The molecule has 0 fully saturated rings. The fourth-order valence-corrected chi connectivity index (χ4v) is 4.46. The van der Waals surface area contributed by atoms with Crippen molar-refractivity contribution in [2.75, 3.05) is 13.2 Å². The zero-order valence-electron chi connectivity index (χ0n) is 23.8. The second-order valence-corrected chi connectivity index (χ2v) is 10.3. The average Bonchev–Trinajstić information content (AvgIpc) is 3.09. The second kappa shape index (κ2) is 23.0. The van der Waals surface area contributed by atoms with Gasteiger partial charge in [0.15, 0.2) is 5.43 Å². The smallest absolute Gasteiger partial charge is 0.338 e. The molecule has 0 unspecified atom stereocenters. The number of carbonyl (C=O) groups excluding carboxylic acids is 2. The van der Waals surface area contributed by atoms with Gasteiger partial charge >= 0.3 is 5.97 Å². The van der Waals surface area contributed by atoms with E-state index in [-0.39, 0.29) is 11.5 Å². The van der Waals surface area contributed by atoms with Gasteiger partial charge in [-0.2, -0.15) is 0 Å². The molecule has 0 saturated carbocycles. The van der Waals surface area contributed by atoms with Gasteiger partial charge in [-0.25, -0.2) is 4.79 Å². The molecule has 5 heteroatoms. The first-order valence-corrected chi connectivity index (χ1v) is 15.2. The summed E-state index contributed by atoms with van der Waals surface area (Å²) in [5.41, 5.74) is -0.0396. The molecule has 0 aliphatic heterocycles. The maximum atomic E-state index is 12.4. The Kier molecular flexibility index (Phi) is 20.4. The SMILES string of the molecule is CCCCCCCCCCCCCCOC(=O)c1ccc(C(=O)NCCCCCCCCC)c(=O)cc1. The summed E-state index contributed by atoms with van der Waals surface area (Å²) in [5, 5.41) is 2.83. The standard InChI is InChI=1S/C32H53NO4/c1-3-5-7-9-11-12-13-14-15-17-19-21-27-37-32(36)28-22-24-29(30(34)25-23-28)31(35)33-26-20-18-16-10-8-6-4-2/h22-25H,3-21,26-27H2,1-2H3,(H,33,35). The molecular weight excluding hydrogens is 462 g/mol. The number of carbonyl (C=O) groups is 2. The van der Waals surface area contributed by atoms with Gasteiger partial charge in [0, 0.05) is 6.54 Å². The van der Waals surface area contributed by atoms with E-state index >= 15 is 0 Å². The normalized spacial score (nSPS) is 10.9. The van der Waals surface area contributed by atoms with Crippen LogP contribution < -0.4 is 10.7 Å². The van der Waals surface area contributed by atoms with E-state index in [1.807, 2.05) is 0 Å². The molecule has 1 rings (SSSR count). The number of amides is 1. The summed E-state index contributed by atoms with van der Waals surface area (Å²) in [6.07, 6.45) is 23.3. The third-order valence-electron chi connectivity index (χ3n) is 6.89. The Morgan fingerprint density at radius 3 is 1.62 bits per heavy atom. The molecule has 0 aliphatic rings. The molecule has 1 N–H and O–H groups in total. The minimum absolute atomic E-state index is 0.0583. The Balaban J connectivity index is 2.21. The second-order valence-electron chi connectivity index (χ2n) is 10.3. The van der Waals surface area contributed by atoms with Gasteiger partial charge in [-0.15, -0.1) is 0 Å². The minimum Gasteiger partial charge on any atom is -0.462 e. The molecular formula is C32H53NO4. The molecule has 1 amide bonds. The lowest BCUT2D eigenvalue weighted by molar-refractivity contribution is 0.0497. The fourth-order valence-electron chi connectivity index (χ4n) is 4.46. The topological polar surface area (TPSA) is 72.5 Å². The van der Waals surface area contributed by atoms with E-state index in [1.54, 1.807) is 0 Å². The highest BCUT2D eigenvalue weighted by molar-refractivity contribution is 5.95. The molecule has 0 heterocycles. The molecule has 0 aromatic heterocycles. The number of nitrogens with one attached hydrogen (secondary N) is 1. The molecule has 5 nitrogen and oxygen atoms in total. The third-order valence-corrected chi connectivity index (χ3v) is 6.89. The summed E-state index contributed by atoms with van der Waals surface area (Å²) in [5.74, 6) is -0.837. The molecule has 1 aromatic rings. The predicted octanol–water partition coefficient (Wildman–Crippen LogP) is 8.39. The number of unbranched alkanes of at least 4 members (excludes halogenated alkanes) is 17. The van der Waals surface area contributed by atoms with Crippen LogP contribution >= 0.6 is 0 Å². The summed E-state index contributed by atoms with van der Waals surface area (Å²) in [4.78, 5) is 37.2. The van der Waals surface area contributed by atoms with E-state index in [9.17, 15) is 14.4 Å². The molecule has 1 aromatic carbocycles. The van der Waals surface area contributed by atoms with Crippen LogP contribution in [-0.2, 0) is 4.74 Å². The molecule has 0 bridgehead atoms. The van der Waals surface area contributed by atoms with Gasteiger partial charge in [-0.05, 0) is 37.1 Å². The van der Waals surface area contributed by atoms with Crippen LogP contribution in [0.5, 0.6) is 0 Å². The van der Waals surface area contributed by atoms with Crippen LogP contribution in [0.3, 0.4) is 0 Å². The van der Waals surface area contributed by atoms with Gasteiger partial charge < -0.3 is 10.1 Å². The van der Waals surface area contributed by atoms with Crippen molar-refractivity contribution in [3.63, 3.8) is 0 Å². The summed E-state index contributed by atoms with van der Waals surface area (Å²) in [7, 11) is 0. The fraction of sp³-hybridized carbons (Fsp3) is 0.719. The van der Waals surface area contributed by atoms with Crippen molar-refractivity contribution < 1.29 is 14.3 Å². The monoisotopic (exact) mass is 515 g/mol. The number of esters is 1. The van der Waals surface area contributed by atoms with Crippen LogP contribution in [0, 0.1) is 0 Å². The average molecular weight is 516 g/mol. The lowest BCUT2D eigenvalue weighted by atomic mass is 10.1. The van der Waals surface area contributed by atoms with E-state index < -0.39 is 11.4 Å². The Labute approximate surface area is 226 Å². The number of rotatable bonds is 23. The lowest BCUT2D eigenvalue weighted by Gasteiger charge is -2.05. The first kappa shape index (κ1) is 32.9. The molecule has 0 atom stereocenters. The van der Waals surface area contributed by atoms with Crippen LogP contribution in [0.2, 0.25) is 0 Å². The molecule has 0 aliphatic carbocycles. The van der Waals surface area contributed by atoms with Gasteiger partial charge in [0.25, 0.3) is 5.91 Å². The first-order chi connectivity index (χ1) is 18.1. The Hall–Kier alpha value is -2.17. The van der Waals surface area contributed by atoms with Crippen molar-refractivity contribution in [3.8, 4) is 0 Å². The summed E-state index contributed by atoms with van der Waals surface area (Å²) < 4.78 is 5.39. The largest absolute Gasteiger partial charge is 0.462 e. The van der Waals surface area contributed by atoms with Crippen molar-refractivity contribution in [1.29, 1.82) is 0 Å². The quantitative estimate of drug-likeness (QED) is 0.117. The molecule has 37 heavy (non-hydrogen) atoms. The highest BCUT2D eigenvalue weighted by atomic mass is 16.5. The van der Waals surface area contributed by atoms with Crippen molar-refractivity contribution in [2.45, 2.75) is 136 Å². The van der Waals surface area contributed by atoms with Crippen molar-refractivity contribution in [3.05, 3.63) is 45.6 Å². The highest BCUT2D eigenvalue weighted by Crippen LogP contribution is 2.12. The Bertz CT molecular complexity index is 792. The van der Waals surface area contributed by atoms with Crippen molar-refractivity contribution in [1.82, 2.24) is 5.32 Å². The molecule has 0 spiro atoms. The zero-order valence-corrected chi connectivity index (χ0v) is 23.8. The van der Waals surface area contributed by atoms with Gasteiger partial charge in [-0.3, -0.25) is 9.59 Å². The summed E-state index contributed by atoms with van der Waals surface area (Å²) >= 11 is 0. The lowest BCUT2D eigenvalue weighted by Crippen LogP contribution is -2.28. The van der Waals surface area contributed by atoms with Gasteiger partial charge in [-0.1, -0.05) is 123 Å². The van der Waals surface area contributed by atoms with E-state index in [4.69, 9.17) is 4.74 Å². The van der Waals surface area contributed by atoms with E-state index in [2.05, 4.69) is 19.2 Å². The van der Waals surface area contributed by atoms with Gasteiger partial charge in [0.05, 0.1) is 17.7 Å². The van der Waals surface area contributed by atoms with Crippen LogP contribution in [-0.4, -0.2) is 25.0 Å². The third kappa shape index (κ3) is 17.1. The zero-order chi connectivity index (χ0) is 27.0. The number of ether oxygens (including phenoxy) is 1. The van der Waals surface area contributed by atoms with E-state index in [0.717, 1.165) is 25.7 Å². The first-order valence-electron chi connectivity index (χ1n) is 15.2. The van der Waals surface area contributed by atoms with Crippen molar-refractivity contribution >= 4 is 11.9 Å². The van der Waals surface area contributed by atoms with Crippen LogP contribution in [0.25, 0.3) is 0 Å². The predicted molar refractivity (Wildman–Crippen MR) is 154 cm³/mol. The van der Waals surface area contributed by atoms with Gasteiger partial charge in [0.1, 0.15) is 0 Å². The van der Waals surface area contributed by atoms with E-state index in [0.29, 0.717) is 18.7 Å².